The van der Waals surface area contributed by atoms with Crippen LogP contribution in [0, 0.1) is 0 Å². The van der Waals surface area contributed by atoms with E-state index in [2.05, 4.69) is 10.0 Å². The molecule has 1 aliphatic rings. The summed E-state index contributed by atoms with van der Waals surface area (Å²) in [6.45, 7) is 1.63. The zero-order valence-electron chi connectivity index (χ0n) is 19.7. The molecule has 1 amide bonds. The summed E-state index contributed by atoms with van der Waals surface area (Å²) in [4.78, 5) is 15.0. The molecule has 0 saturated heterocycles. The summed E-state index contributed by atoms with van der Waals surface area (Å²) in [6, 6.07) is 20.4. The van der Waals surface area contributed by atoms with Crippen molar-refractivity contribution >= 4 is 21.6 Å². The van der Waals surface area contributed by atoms with Crippen molar-refractivity contribution in [1.82, 2.24) is 10.2 Å². The number of sulfonamides is 1. The lowest BCUT2D eigenvalue weighted by atomic mass is 10.1. The number of fused-ring (bicyclic) bond motifs is 1. The van der Waals surface area contributed by atoms with Gasteiger partial charge in [-0.1, -0.05) is 30.3 Å². The molecule has 0 fully saturated rings. The van der Waals surface area contributed by atoms with E-state index >= 15 is 0 Å². The Morgan fingerprint density at radius 2 is 1.63 bits per heavy atom. The van der Waals surface area contributed by atoms with Crippen LogP contribution in [0.1, 0.15) is 28.4 Å². The van der Waals surface area contributed by atoms with Gasteiger partial charge in [0.05, 0.1) is 24.2 Å². The van der Waals surface area contributed by atoms with Crippen LogP contribution >= 0.6 is 0 Å². The number of carbonyl (C=O) groups excluding carboxylic acids is 1. The first-order chi connectivity index (χ1) is 16.8. The minimum Gasteiger partial charge on any atom is -0.490 e. The third-order valence-electron chi connectivity index (χ3n) is 5.48. The molecule has 0 spiro atoms. The van der Waals surface area contributed by atoms with Gasteiger partial charge in [0.25, 0.3) is 15.9 Å². The first kappa shape index (κ1) is 24.6. The van der Waals surface area contributed by atoms with E-state index in [1.165, 1.54) is 12.1 Å². The maximum Gasteiger partial charge on any atom is 0.262 e. The van der Waals surface area contributed by atoms with Gasteiger partial charge in [-0.25, -0.2) is 8.42 Å². The van der Waals surface area contributed by atoms with Crippen molar-refractivity contribution in [3.8, 4) is 11.5 Å². The number of rotatable bonds is 8. The lowest BCUT2D eigenvalue weighted by Crippen LogP contribution is -2.35. The Balaban J connectivity index is 1.45. The molecule has 2 N–H and O–H groups in total. The van der Waals surface area contributed by atoms with Gasteiger partial charge >= 0.3 is 0 Å². The van der Waals surface area contributed by atoms with Gasteiger partial charge in [-0.3, -0.25) is 9.52 Å². The predicted octanol–water partition coefficient (Wildman–Crippen LogP) is 3.68. The number of benzene rings is 3. The SMILES string of the molecule is CN(C)C[C@@H](NC(=O)c1ccc(NS(=O)(=O)c2ccc3c(c2)OCCCO3)cc1)c1ccccc1. The average Bonchev–Trinajstić information content (AvgIpc) is 3.09. The molecule has 0 saturated carbocycles. The molecule has 0 radical (unpaired) electrons. The molecule has 3 aromatic rings. The quantitative estimate of drug-likeness (QED) is 0.495. The highest BCUT2D eigenvalue weighted by Gasteiger charge is 2.20. The molecule has 9 heteroatoms. The standard InChI is InChI=1S/C26H29N3O5S/c1-29(2)18-23(19-7-4-3-5-8-19)27-26(30)20-9-11-21(12-10-20)28-35(31,32)22-13-14-24-25(17-22)34-16-6-15-33-24/h3-5,7-14,17,23,28H,6,15-16,18H2,1-2H3,(H,27,30)/t23-/m1/s1. The second-order valence-electron chi connectivity index (χ2n) is 8.54. The number of likely N-dealkylation sites (N-methyl/N-ethyl adjacent to an activating group) is 1. The van der Waals surface area contributed by atoms with Gasteiger partial charge in [0, 0.05) is 30.3 Å². The van der Waals surface area contributed by atoms with Gasteiger partial charge in [-0.2, -0.15) is 0 Å². The van der Waals surface area contributed by atoms with Gasteiger partial charge in [0.2, 0.25) is 0 Å². The molecule has 3 aromatic carbocycles. The summed E-state index contributed by atoms with van der Waals surface area (Å²) in [5, 5.41) is 3.06. The Morgan fingerprint density at radius 1 is 0.943 bits per heavy atom. The van der Waals surface area contributed by atoms with Crippen molar-refractivity contribution in [2.24, 2.45) is 0 Å². The summed E-state index contributed by atoms with van der Waals surface area (Å²) in [6.07, 6.45) is 0.732. The van der Waals surface area contributed by atoms with Crippen LogP contribution in [0.25, 0.3) is 0 Å². The summed E-state index contributed by atoms with van der Waals surface area (Å²) < 4.78 is 39.5. The molecule has 0 bridgehead atoms. The Bertz CT molecular complexity index is 1260. The number of nitrogens with one attached hydrogen (secondary N) is 2. The van der Waals surface area contributed by atoms with Crippen LogP contribution in [0.3, 0.4) is 0 Å². The largest absolute Gasteiger partial charge is 0.490 e. The van der Waals surface area contributed by atoms with Crippen LogP contribution in [-0.4, -0.2) is 53.1 Å². The third kappa shape index (κ3) is 6.32. The smallest absolute Gasteiger partial charge is 0.262 e. The molecule has 8 nitrogen and oxygen atoms in total. The summed E-state index contributed by atoms with van der Waals surface area (Å²) in [7, 11) is 0.0494. The Hall–Kier alpha value is -3.56. The highest BCUT2D eigenvalue weighted by molar-refractivity contribution is 7.92. The number of carbonyl (C=O) groups is 1. The van der Waals surface area contributed by atoms with Gasteiger partial charge < -0.3 is 19.7 Å². The van der Waals surface area contributed by atoms with E-state index < -0.39 is 10.0 Å². The van der Waals surface area contributed by atoms with Crippen molar-refractivity contribution in [1.29, 1.82) is 0 Å². The van der Waals surface area contributed by atoms with E-state index in [-0.39, 0.29) is 16.8 Å². The first-order valence-corrected chi connectivity index (χ1v) is 12.8. The summed E-state index contributed by atoms with van der Waals surface area (Å²) >= 11 is 0. The van der Waals surface area contributed by atoms with Crippen molar-refractivity contribution in [2.45, 2.75) is 17.4 Å². The molecule has 1 atom stereocenters. The molecule has 184 valence electrons. The second-order valence-corrected chi connectivity index (χ2v) is 10.2. The number of hydrogen-bond acceptors (Lipinski definition) is 6. The Labute approximate surface area is 205 Å². The van der Waals surface area contributed by atoms with E-state index in [1.807, 2.05) is 49.3 Å². The monoisotopic (exact) mass is 495 g/mol. The number of anilines is 1. The van der Waals surface area contributed by atoms with Crippen LogP contribution in [-0.2, 0) is 10.0 Å². The number of hydrogen-bond donors (Lipinski definition) is 2. The lowest BCUT2D eigenvalue weighted by Gasteiger charge is -2.23. The minimum atomic E-state index is -3.85. The van der Waals surface area contributed by atoms with Gasteiger partial charge in [-0.05, 0) is 56.1 Å². The Morgan fingerprint density at radius 3 is 2.31 bits per heavy atom. The van der Waals surface area contributed by atoms with E-state index in [4.69, 9.17) is 9.47 Å². The molecule has 0 unspecified atom stereocenters. The van der Waals surface area contributed by atoms with Crippen LogP contribution < -0.4 is 19.5 Å². The zero-order valence-corrected chi connectivity index (χ0v) is 20.5. The van der Waals surface area contributed by atoms with Crippen LogP contribution in [0.2, 0.25) is 0 Å². The molecule has 35 heavy (non-hydrogen) atoms. The first-order valence-electron chi connectivity index (χ1n) is 11.3. The third-order valence-corrected chi connectivity index (χ3v) is 6.86. The highest BCUT2D eigenvalue weighted by Crippen LogP contribution is 2.32. The van der Waals surface area contributed by atoms with E-state index in [0.717, 1.165) is 12.0 Å². The number of amides is 1. The number of ether oxygens (including phenoxy) is 2. The minimum absolute atomic E-state index is 0.0676. The van der Waals surface area contributed by atoms with Crippen molar-refractivity contribution in [3.05, 3.63) is 83.9 Å². The fourth-order valence-electron chi connectivity index (χ4n) is 3.74. The van der Waals surface area contributed by atoms with Gasteiger partial charge in [0.15, 0.2) is 11.5 Å². The van der Waals surface area contributed by atoms with Gasteiger partial charge in [0.1, 0.15) is 0 Å². The van der Waals surface area contributed by atoms with E-state index in [0.29, 0.717) is 42.5 Å². The van der Waals surface area contributed by atoms with Gasteiger partial charge in [-0.15, -0.1) is 0 Å². The van der Waals surface area contributed by atoms with Crippen LogP contribution in [0.4, 0.5) is 5.69 Å². The zero-order chi connectivity index (χ0) is 24.8. The number of nitrogens with zero attached hydrogens (tertiary/aromatic N) is 1. The topological polar surface area (TPSA) is 97.0 Å². The average molecular weight is 496 g/mol. The fraction of sp³-hybridized carbons (Fsp3) is 0.269. The molecular weight excluding hydrogens is 466 g/mol. The predicted molar refractivity (Wildman–Crippen MR) is 135 cm³/mol. The van der Waals surface area contributed by atoms with Crippen molar-refractivity contribution in [3.63, 3.8) is 0 Å². The van der Waals surface area contributed by atoms with Crippen molar-refractivity contribution in [2.75, 3.05) is 38.6 Å². The molecular formula is C26H29N3O5S. The second kappa shape index (κ2) is 10.8. The lowest BCUT2D eigenvalue weighted by molar-refractivity contribution is 0.0930. The molecule has 0 aliphatic carbocycles. The summed E-state index contributed by atoms with van der Waals surface area (Å²) in [5.74, 6) is 0.695. The van der Waals surface area contributed by atoms with Crippen LogP contribution in [0.15, 0.2) is 77.7 Å². The summed E-state index contributed by atoms with van der Waals surface area (Å²) in [5.41, 5.74) is 1.79. The normalized spacial score (nSPS) is 14.1. The maximum atomic E-state index is 12.9. The van der Waals surface area contributed by atoms with E-state index in [1.54, 1.807) is 30.3 Å². The van der Waals surface area contributed by atoms with Crippen LogP contribution in [0.5, 0.6) is 11.5 Å². The fourth-order valence-corrected chi connectivity index (χ4v) is 4.81. The highest BCUT2D eigenvalue weighted by atomic mass is 32.2. The molecule has 4 rings (SSSR count). The maximum absolute atomic E-state index is 12.9. The molecule has 0 aromatic heterocycles. The Kier molecular flexibility index (Phi) is 7.57. The van der Waals surface area contributed by atoms with Crippen molar-refractivity contribution < 1.29 is 22.7 Å². The molecule has 1 heterocycles. The van der Waals surface area contributed by atoms with E-state index in [9.17, 15) is 13.2 Å². The molecule has 1 aliphatic heterocycles.